The van der Waals surface area contributed by atoms with Gasteiger partial charge in [0, 0.05) is 18.5 Å². The lowest BCUT2D eigenvalue weighted by Gasteiger charge is -2.05. The number of hydrogen-bond donors (Lipinski definition) is 1. The van der Waals surface area contributed by atoms with Gasteiger partial charge in [-0.2, -0.15) is 0 Å². The van der Waals surface area contributed by atoms with Crippen LogP contribution in [0.3, 0.4) is 0 Å². The zero-order chi connectivity index (χ0) is 13.1. The maximum atomic E-state index is 6.16. The van der Waals surface area contributed by atoms with Crippen LogP contribution in [0.15, 0.2) is 24.3 Å². The Morgan fingerprint density at radius 3 is 2.33 bits per heavy atom. The van der Waals surface area contributed by atoms with Crippen LogP contribution >= 0.6 is 0 Å². The van der Waals surface area contributed by atoms with Gasteiger partial charge in [-0.15, -0.1) is 0 Å². The number of anilines is 1. The topological polar surface area (TPSA) is 53.1 Å². The van der Waals surface area contributed by atoms with E-state index in [1.165, 1.54) is 0 Å². The average Bonchev–Trinajstić information content (AvgIpc) is 2.75. The Balaban J connectivity index is 2.46. The third kappa shape index (κ3) is 2.06. The van der Waals surface area contributed by atoms with Gasteiger partial charge in [0.15, 0.2) is 0 Å². The van der Waals surface area contributed by atoms with Crippen molar-refractivity contribution in [2.24, 2.45) is 0 Å². The minimum atomic E-state index is 0.736. The molecular weight excluding hydrogens is 226 g/mol. The predicted octanol–water partition coefficient (Wildman–Crippen LogP) is 2.72. The first-order chi connectivity index (χ1) is 8.71. The largest absolute Gasteiger partial charge is 0.497 e. The van der Waals surface area contributed by atoms with Crippen LogP contribution in [-0.2, 0) is 13.0 Å². The molecule has 0 fully saturated rings. The average molecular weight is 245 g/mol. The first-order valence-corrected chi connectivity index (χ1v) is 6.20. The Kier molecular flexibility index (Phi) is 3.55. The van der Waals surface area contributed by atoms with Gasteiger partial charge in [0.1, 0.15) is 23.1 Å². The number of benzene rings is 1. The third-order valence-electron chi connectivity index (χ3n) is 3.08. The van der Waals surface area contributed by atoms with Gasteiger partial charge in [-0.3, -0.25) is 0 Å². The molecule has 2 N–H and O–H groups in total. The van der Waals surface area contributed by atoms with Crippen molar-refractivity contribution in [3.8, 4) is 17.0 Å². The van der Waals surface area contributed by atoms with Crippen molar-refractivity contribution >= 4 is 5.82 Å². The lowest BCUT2D eigenvalue weighted by atomic mass is 10.1. The molecule has 1 aromatic heterocycles. The summed E-state index contributed by atoms with van der Waals surface area (Å²) < 4.78 is 7.20. The molecule has 0 saturated heterocycles. The van der Waals surface area contributed by atoms with E-state index in [1.807, 2.05) is 24.3 Å². The highest BCUT2D eigenvalue weighted by molar-refractivity contribution is 5.71. The Morgan fingerprint density at radius 1 is 1.22 bits per heavy atom. The maximum Gasteiger partial charge on any atom is 0.131 e. The summed E-state index contributed by atoms with van der Waals surface area (Å²) in [5, 5.41) is 0. The number of aryl methyl sites for hydroxylation is 1. The second-order valence-corrected chi connectivity index (χ2v) is 4.09. The molecule has 0 amide bonds. The summed E-state index contributed by atoms with van der Waals surface area (Å²) in [6.07, 6.45) is 0.883. The van der Waals surface area contributed by atoms with Gasteiger partial charge >= 0.3 is 0 Å². The van der Waals surface area contributed by atoms with Crippen LogP contribution in [-0.4, -0.2) is 16.7 Å². The minimum absolute atomic E-state index is 0.736. The van der Waals surface area contributed by atoms with Crippen LogP contribution in [0.4, 0.5) is 5.82 Å². The number of nitrogen functional groups attached to an aromatic ring is 1. The Bertz CT molecular complexity index is 529. The smallest absolute Gasteiger partial charge is 0.131 e. The van der Waals surface area contributed by atoms with Crippen molar-refractivity contribution in [2.75, 3.05) is 12.8 Å². The molecule has 96 valence electrons. The second-order valence-electron chi connectivity index (χ2n) is 4.09. The van der Waals surface area contributed by atoms with E-state index in [0.717, 1.165) is 41.6 Å². The highest BCUT2D eigenvalue weighted by Crippen LogP contribution is 2.28. The molecule has 0 aliphatic carbocycles. The molecule has 0 atom stereocenters. The minimum Gasteiger partial charge on any atom is -0.497 e. The van der Waals surface area contributed by atoms with Gasteiger partial charge in [-0.1, -0.05) is 6.92 Å². The van der Waals surface area contributed by atoms with Crippen LogP contribution < -0.4 is 10.5 Å². The monoisotopic (exact) mass is 245 g/mol. The van der Waals surface area contributed by atoms with E-state index in [1.54, 1.807) is 7.11 Å². The van der Waals surface area contributed by atoms with E-state index in [4.69, 9.17) is 10.5 Å². The van der Waals surface area contributed by atoms with Crippen molar-refractivity contribution in [1.82, 2.24) is 9.55 Å². The quantitative estimate of drug-likeness (QED) is 0.901. The molecule has 0 radical (unpaired) electrons. The molecule has 2 aromatic rings. The van der Waals surface area contributed by atoms with Gasteiger partial charge < -0.3 is 15.0 Å². The first-order valence-electron chi connectivity index (χ1n) is 6.20. The van der Waals surface area contributed by atoms with Crippen molar-refractivity contribution < 1.29 is 4.74 Å². The van der Waals surface area contributed by atoms with Gasteiger partial charge in [-0.05, 0) is 31.2 Å². The molecular formula is C14H19N3O. The van der Waals surface area contributed by atoms with Gasteiger partial charge in [0.25, 0.3) is 0 Å². The summed E-state index contributed by atoms with van der Waals surface area (Å²) in [5.41, 5.74) is 8.04. The van der Waals surface area contributed by atoms with E-state index < -0.39 is 0 Å². The molecule has 1 heterocycles. The van der Waals surface area contributed by atoms with Crippen LogP contribution in [0.25, 0.3) is 11.3 Å². The zero-order valence-corrected chi connectivity index (χ0v) is 11.1. The molecule has 0 bridgehead atoms. The molecule has 18 heavy (non-hydrogen) atoms. The SMILES string of the molecule is CCc1nc(-c2ccc(OC)cc2)c(N)n1CC. The number of methoxy groups -OCH3 is 1. The number of ether oxygens (including phenoxy) is 1. The lowest BCUT2D eigenvalue weighted by Crippen LogP contribution is -2.04. The lowest BCUT2D eigenvalue weighted by molar-refractivity contribution is 0.415. The van der Waals surface area contributed by atoms with Crippen LogP contribution in [0.1, 0.15) is 19.7 Å². The standard InChI is InChI=1S/C14H19N3O/c1-4-12-16-13(14(15)17(12)5-2)10-6-8-11(18-3)9-7-10/h6-9H,4-5,15H2,1-3H3. The second kappa shape index (κ2) is 5.12. The van der Waals surface area contributed by atoms with Crippen molar-refractivity contribution in [3.05, 3.63) is 30.1 Å². The molecule has 4 heteroatoms. The number of imidazole rings is 1. The number of nitrogens with zero attached hydrogens (tertiary/aromatic N) is 2. The summed E-state index contributed by atoms with van der Waals surface area (Å²) in [7, 11) is 1.66. The van der Waals surface area contributed by atoms with Crippen molar-refractivity contribution in [2.45, 2.75) is 26.8 Å². The summed E-state index contributed by atoms with van der Waals surface area (Å²) in [4.78, 5) is 4.62. The van der Waals surface area contributed by atoms with E-state index in [-0.39, 0.29) is 0 Å². The predicted molar refractivity (Wildman–Crippen MR) is 73.7 cm³/mol. The van der Waals surface area contributed by atoms with Crippen LogP contribution in [0, 0.1) is 0 Å². The fourth-order valence-electron chi connectivity index (χ4n) is 2.10. The molecule has 1 aromatic carbocycles. The van der Waals surface area contributed by atoms with Crippen LogP contribution in [0.5, 0.6) is 5.75 Å². The molecule has 2 rings (SSSR count). The van der Waals surface area contributed by atoms with E-state index >= 15 is 0 Å². The Morgan fingerprint density at radius 2 is 1.89 bits per heavy atom. The van der Waals surface area contributed by atoms with E-state index in [0.29, 0.717) is 0 Å². The summed E-state index contributed by atoms with van der Waals surface area (Å²) in [6.45, 7) is 5.01. The van der Waals surface area contributed by atoms with E-state index in [9.17, 15) is 0 Å². The maximum absolute atomic E-state index is 6.16. The fraction of sp³-hybridized carbons (Fsp3) is 0.357. The first kappa shape index (κ1) is 12.5. The Labute approximate surface area is 107 Å². The van der Waals surface area contributed by atoms with Crippen molar-refractivity contribution in [1.29, 1.82) is 0 Å². The molecule has 0 unspecified atom stereocenters. The van der Waals surface area contributed by atoms with E-state index in [2.05, 4.69) is 23.4 Å². The normalized spacial score (nSPS) is 10.6. The highest BCUT2D eigenvalue weighted by atomic mass is 16.5. The summed E-state index contributed by atoms with van der Waals surface area (Å²) in [6, 6.07) is 7.81. The summed E-state index contributed by atoms with van der Waals surface area (Å²) in [5.74, 6) is 2.60. The van der Waals surface area contributed by atoms with Crippen molar-refractivity contribution in [3.63, 3.8) is 0 Å². The molecule has 0 saturated carbocycles. The number of hydrogen-bond acceptors (Lipinski definition) is 3. The molecule has 4 nitrogen and oxygen atoms in total. The van der Waals surface area contributed by atoms with Gasteiger partial charge in [0.05, 0.1) is 7.11 Å². The number of nitrogens with two attached hydrogens (primary N) is 1. The van der Waals surface area contributed by atoms with Crippen LogP contribution in [0.2, 0.25) is 0 Å². The Hall–Kier alpha value is -1.97. The molecule has 0 aliphatic heterocycles. The molecule has 0 aliphatic rings. The molecule has 0 spiro atoms. The summed E-state index contributed by atoms with van der Waals surface area (Å²) >= 11 is 0. The van der Waals surface area contributed by atoms with Gasteiger partial charge in [0.2, 0.25) is 0 Å². The highest BCUT2D eigenvalue weighted by Gasteiger charge is 2.13. The van der Waals surface area contributed by atoms with Gasteiger partial charge in [-0.25, -0.2) is 4.98 Å². The third-order valence-corrected chi connectivity index (χ3v) is 3.08. The zero-order valence-electron chi connectivity index (χ0n) is 11.1. The number of aromatic nitrogens is 2. The number of rotatable bonds is 4. The fourth-order valence-corrected chi connectivity index (χ4v) is 2.10.